The molecule has 3 N–H and O–H groups in total. The first-order valence-electron chi connectivity index (χ1n) is 10.1. The van der Waals surface area contributed by atoms with E-state index in [0.29, 0.717) is 6.54 Å². The fraction of sp³-hybridized carbons (Fsp3) is 0.667. The highest BCUT2D eigenvalue weighted by Gasteiger charge is 2.28. The van der Waals surface area contributed by atoms with E-state index in [1.807, 2.05) is 12.1 Å². The SMILES string of the molecule is COc1ccccc1C(CNC(=O)C1CCCC(N)C1)N1CCCCC1. The summed E-state index contributed by atoms with van der Waals surface area (Å²) in [4.78, 5) is 15.2. The Morgan fingerprint density at radius 3 is 2.73 bits per heavy atom. The van der Waals surface area contributed by atoms with Crippen LogP contribution >= 0.6 is 0 Å². The third-order valence-corrected chi connectivity index (χ3v) is 5.88. The monoisotopic (exact) mass is 359 g/mol. The van der Waals surface area contributed by atoms with Gasteiger partial charge in [-0.25, -0.2) is 0 Å². The summed E-state index contributed by atoms with van der Waals surface area (Å²) in [6.07, 6.45) is 7.61. The molecule has 0 spiro atoms. The van der Waals surface area contributed by atoms with Crippen LogP contribution < -0.4 is 15.8 Å². The smallest absolute Gasteiger partial charge is 0.223 e. The molecule has 1 aliphatic heterocycles. The fourth-order valence-corrected chi connectivity index (χ4v) is 4.41. The van der Waals surface area contributed by atoms with E-state index in [4.69, 9.17) is 10.5 Å². The van der Waals surface area contributed by atoms with Crippen LogP contribution in [0.5, 0.6) is 5.75 Å². The number of piperidine rings is 1. The number of methoxy groups -OCH3 is 1. The molecule has 3 unspecified atom stereocenters. The predicted octanol–water partition coefficient (Wildman–Crippen LogP) is 2.86. The van der Waals surface area contributed by atoms with E-state index in [-0.39, 0.29) is 23.9 Å². The van der Waals surface area contributed by atoms with Crippen LogP contribution in [0.25, 0.3) is 0 Å². The summed E-state index contributed by atoms with van der Waals surface area (Å²) in [6.45, 7) is 2.78. The molecule has 26 heavy (non-hydrogen) atoms. The molecule has 0 radical (unpaired) electrons. The number of rotatable bonds is 6. The molecule has 5 heteroatoms. The van der Waals surface area contributed by atoms with Crippen LogP contribution in [0.1, 0.15) is 56.6 Å². The summed E-state index contributed by atoms with van der Waals surface area (Å²) in [7, 11) is 1.72. The van der Waals surface area contributed by atoms with Crippen LogP contribution in [0.4, 0.5) is 0 Å². The Morgan fingerprint density at radius 2 is 2.00 bits per heavy atom. The molecule has 0 bridgehead atoms. The molecule has 1 aliphatic carbocycles. The van der Waals surface area contributed by atoms with Gasteiger partial charge in [0.2, 0.25) is 5.91 Å². The Morgan fingerprint density at radius 1 is 1.23 bits per heavy atom. The molecule has 2 aliphatic rings. The van der Waals surface area contributed by atoms with E-state index in [9.17, 15) is 4.79 Å². The molecule has 2 fully saturated rings. The normalized spacial score (nSPS) is 25.5. The van der Waals surface area contributed by atoms with Gasteiger partial charge in [0, 0.05) is 24.1 Å². The van der Waals surface area contributed by atoms with Crippen LogP contribution in [0, 0.1) is 5.92 Å². The van der Waals surface area contributed by atoms with Gasteiger partial charge >= 0.3 is 0 Å². The Kier molecular flexibility index (Phi) is 6.92. The van der Waals surface area contributed by atoms with E-state index >= 15 is 0 Å². The maximum Gasteiger partial charge on any atom is 0.223 e. The minimum absolute atomic E-state index is 0.0680. The highest BCUT2D eigenvalue weighted by molar-refractivity contribution is 5.78. The van der Waals surface area contributed by atoms with E-state index in [2.05, 4.69) is 22.3 Å². The summed E-state index contributed by atoms with van der Waals surface area (Å²) in [5, 5.41) is 3.23. The maximum atomic E-state index is 12.7. The van der Waals surface area contributed by atoms with Crippen LogP contribution in [0.2, 0.25) is 0 Å². The van der Waals surface area contributed by atoms with Gasteiger partial charge in [0.1, 0.15) is 5.75 Å². The summed E-state index contributed by atoms with van der Waals surface area (Å²) in [6, 6.07) is 8.52. The lowest BCUT2D eigenvalue weighted by Gasteiger charge is -2.36. The molecular formula is C21H33N3O2. The van der Waals surface area contributed by atoms with Crippen molar-refractivity contribution < 1.29 is 9.53 Å². The fourth-order valence-electron chi connectivity index (χ4n) is 4.41. The zero-order valence-corrected chi connectivity index (χ0v) is 16.0. The number of likely N-dealkylation sites (tertiary alicyclic amines) is 1. The van der Waals surface area contributed by atoms with Gasteiger partial charge in [-0.2, -0.15) is 0 Å². The molecule has 0 aromatic heterocycles. The zero-order valence-electron chi connectivity index (χ0n) is 16.0. The lowest BCUT2D eigenvalue weighted by molar-refractivity contribution is -0.126. The van der Waals surface area contributed by atoms with Gasteiger partial charge in [0.15, 0.2) is 0 Å². The summed E-state index contributed by atoms with van der Waals surface area (Å²) in [5.41, 5.74) is 7.22. The minimum Gasteiger partial charge on any atom is -0.496 e. The Hall–Kier alpha value is -1.59. The second kappa shape index (κ2) is 9.38. The van der Waals surface area contributed by atoms with Crippen LogP contribution in [0.3, 0.4) is 0 Å². The number of amides is 1. The van der Waals surface area contributed by atoms with E-state index < -0.39 is 0 Å². The number of carbonyl (C=O) groups is 1. The first kappa shape index (κ1) is 19.2. The standard InChI is InChI=1S/C21H33N3O2/c1-26-20-11-4-3-10-18(20)19(24-12-5-2-6-13-24)15-23-21(25)16-8-7-9-17(22)14-16/h3-4,10-11,16-17,19H,2,5-9,12-15,22H2,1H3,(H,23,25). The Labute approximate surface area is 157 Å². The van der Waals surface area contributed by atoms with Gasteiger partial charge in [-0.05, 0) is 51.3 Å². The van der Waals surface area contributed by atoms with Crippen molar-refractivity contribution in [2.45, 2.75) is 57.0 Å². The highest BCUT2D eigenvalue weighted by atomic mass is 16.5. The van der Waals surface area contributed by atoms with Gasteiger partial charge in [-0.1, -0.05) is 31.0 Å². The average molecular weight is 360 g/mol. The summed E-state index contributed by atoms with van der Waals surface area (Å²) >= 11 is 0. The van der Waals surface area contributed by atoms with Crippen LogP contribution in [-0.2, 0) is 4.79 Å². The number of carbonyl (C=O) groups excluding carboxylic acids is 1. The molecule has 5 nitrogen and oxygen atoms in total. The second-order valence-electron chi connectivity index (χ2n) is 7.72. The Balaban J connectivity index is 1.70. The quantitative estimate of drug-likeness (QED) is 0.820. The molecule has 3 atom stereocenters. The van der Waals surface area contributed by atoms with Crippen molar-refractivity contribution in [2.75, 3.05) is 26.7 Å². The average Bonchev–Trinajstić information content (AvgIpc) is 2.69. The molecule has 1 aromatic carbocycles. The number of nitrogens with one attached hydrogen (secondary N) is 1. The second-order valence-corrected chi connectivity index (χ2v) is 7.72. The number of benzene rings is 1. The molecule has 3 rings (SSSR count). The lowest BCUT2D eigenvalue weighted by atomic mass is 9.85. The number of nitrogens with zero attached hydrogens (tertiary/aromatic N) is 1. The van der Waals surface area contributed by atoms with Gasteiger partial charge in [0.25, 0.3) is 0 Å². The van der Waals surface area contributed by atoms with Gasteiger partial charge in [-0.3, -0.25) is 9.69 Å². The molecule has 144 valence electrons. The maximum absolute atomic E-state index is 12.7. The van der Waals surface area contributed by atoms with Crippen molar-refractivity contribution in [3.8, 4) is 5.75 Å². The Bertz CT molecular complexity index is 586. The molecule has 1 saturated carbocycles. The molecular weight excluding hydrogens is 326 g/mol. The van der Waals surface area contributed by atoms with Crippen molar-refractivity contribution in [1.29, 1.82) is 0 Å². The number of hydrogen-bond acceptors (Lipinski definition) is 4. The summed E-state index contributed by atoms with van der Waals surface area (Å²) in [5.74, 6) is 1.13. The van der Waals surface area contributed by atoms with E-state index in [0.717, 1.165) is 50.1 Å². The molecule has 1 amide bonds. The highest BCUT2D eigenvalue weighted by Crippen LogP contribution is 2.31. The lowest BCUT2D eigenvalue weighted by Crippen LogP contribution is -2.43. The number of hydrogen-bond donors (Lipinski definition) is 2. The number of ether oxygens (including phenoxy) is 1. The number of nitrogens with two attached hydrogens (primary N) is 1. The third-order valence-electron chi connectivity index (χ3n) is 5.88. The third kappa shape index (κ3) is 4.77. The van der Waals surface area contributed by atoms with Crippen molar-refractivity contribution in [3.05, 3.63) is 29.8 Å². The first-order valence-corrected chi connectivity index (χ1v) is 10.1. The van der Waals surface area contributed by atoms with Gasteiger partial charge in [-0.15, -0.1) is 0 Å². The largest absolute Gasteiger partial charge is 0.496 e. The summed E-state index contributed by atoms with van der Waals surface area (Å²) < 4.78 is 5.60. The van der Waals surface area contributed by atoms with Gasteiger partial charge in [0.05, 0.1) is 13.2 Å². The van der Waals surface area contributed by atoms with Crippen LogP contribution in [-0.4, -0.2) is 43.6 Å². The number of para-hydroxylation sites is 1. The van der Waals surface area contributed by atoms with E-state index in [1.165, 1.54) is 19.3 Å². The van der Waals surface area contributed by atoms with Gasteiger partial charge < -0.3 is 15.8 Å². The van der Waals surface area contributed by atoms with Crippen molar-refractivity contribution in [1.82, 2.24) is 10.2 Å². The van der Waals surface area contributed by atoms with Crippen LogP contribution in [0.15, 0.2) is 24.3 Å². The minimum atomic E-state index is 0.0680. The topological polar surface area (TPSA) is 67.6 Å². The molecule has 1 heterocycles. The van der Waals surface area contributed by atoms with Crippen molar-refractivity contribution in [3.63, 3.8) is 0 Å². The van der Waals surface area contributed by atoms with Crippen molar-refractivity contribution >= 4 is 5.91 Å². The first-order chi connectivity index (χ1) is 12.7. The molecule has 1 saturated heterocycles. The predicted molar refractivity (Wildman–Crippen MR) is 104 cm³/mol. The van der Waals surface area contributed by atoms with E-state index in [1.54, 1.807) is 7.11 Å². The molecule has 1 aromatic rings. The zero-order chi connectivity index (χ0) is 18.4. The van der Waals surface area contributed by atoms with Crippen molar-refractivity contribution in [2.24, 2.45) is 11.7 Å².